The molecule has 228 valence electrons. The molecule has 1 N–H and O–H groups in total. The summed E-state index contributed by atoms with van der Waals surface area (Å²) in [6.07, 6.45) is 3.36. The second-order valence-electron chi connectivity index (χ2n) is 11.2. The van der Waals surface area contributed by atoms with Gasteiger partial charge in [-0.25, -0.2) is 4.79 Å². The standard InChI is InChI=1S/C33H45N3O6/c1-6-7-20-41-30(37)22-42-29-18-12-11-16-26(29)31(38)34-27(21-23(2)3)32(39)36-19-13-17-28(36)33(40)35(5)24(4)25-14-9-8-10-15-25/h8-12,14-16,18,23-24,27-28H,6-7,13,17,19-22H2,1-5H3,(H,34,38)/t24-,27+,28+/m0/s1. The average Bonchev–Trinajstić information content (AvgIpc) is 3.48. The Labute approximate surface area is 249 Å². The number of nitrogens with one attached hydrogen (secondary N) is 1. The van der Waals surface area contributed by atoms with Crippen LogP contribution in [0.5, 0.6) is 5.75 Å². The maximum atomic E-state index is 13.9. The zero-order chi connectivity index (χ0) is 30.6. The largest absolute Gasteiger partial charge is 0.481 e. The maximum absolute atomic E-state index is 13.9. The second kappa shape index (κ2) is 15.9. The minimum absolute atomic E-state index is 0.112. The third-order valence-electron chi connectivity index (χ3n) is 7.58. The van der Waals surface area contributed by atoms with Gasteiger partial charge in [0.05, 0.1) is 18.2 Å². The Morgan fingerprint density at radius 3 is 2.40 bits per heavy atom. The number of carbonyl (C=O) groups excluding carboxylic acids is 4. The van der Waals surface area contributed by atoms with Crippen molar-refractivity contribution in [1.82, 2.24) is 15.1 Å². The van der Waals surface area contributed by atoms with Gasteiger partial charge >= 0.3 is 5.97 Å². The van der Waals surface area contributed by atoms with Gasteiger partial charge in [0.1, 0.15) is 17.8 Å². The summed E-state index contributed by atoms with van der Waals surface area (Å²) in [6.45, 7) is 8.39. The van der Waals surface area contributed by atoms with Crippen LogP contribution in [0.15, 0.2) is 54.6 Å². The monoisotopic (exact) mass is 579 g/mol. The summed E-state index contributed by atoms with van der Waals surface area (Å²) in [5.41, 5.74) is 1.23. The fourth-order valence-electron chi connectivity index (χ4n) is 5.09. The van der Waals surface area contributed by atoms with Crippen LogP contribution in [-0.2, 0) is 19.1 Å². The van der Waals surface area contributed by atoms with Crippen molar-refractivity contribution in [2.24, 2.45) is 5.92 Å². The topological polar surface area (TPSA) is 105 Å². The van der Waals surface area contributed by atoms with Crippen LogP contribution in [0, 0.1) is 5.92 Å². The molecule has 0 aliphatic carbocycles. The molecule has 1 heterocycles. The van der Waals surface area contributed by atoms with E-state index in [1.807, 2.05) is 58.0 Å². The van der Waals surface area contributed by atoms with Gasteiger partial charge in [-0.05, 0) is 56.2 Å². The molecule has 0 unspecified atom stereocenters. The van der Waals surface area contributed by atoms with Gasteiger partial charge < -0.3 is 24.6 Å². The van der Waals surface area contributed by atoms with Crippen LogP contribution in [0.4, 0.5) is 0 Å². The lowest BCUT2D eigenvalue weighted by molar-refractivity contribution is -0.146. The van der Waals surface area contributed by atoms with Gasteiger partial charge in [0.15, 0.2) is 6.61 Å². The Hall–Kier alpha value is -3.88. The molecular weight excluding hydrogens is 534 g/mol. The van der Waals surface area contributed by atoms with Crippen molar-refractivity contribution in [3.8, 4) is 5.75 Å². The van der Waals surface area contributed by atoms with Crippen LogP contribution in [-0.4, -0.2) is 72.4 Å². The number of rotatable bonds is 14. The molecule has 2 aromatic rings. The van der Waals surface area contributed by atoms with Crippen LogP contribution >= 0.6 is 0 Å². The Morgan fingerprint density at radius 2 is 1.71 bits per heavy atom. The summed E-state index contributed by atoms with van der Waals surface area (Å²) >= 11 is 0. The summed E-state index contributed by atoms with van der Waals surface area (Å²) in [7, 11) is 1.77. The summed E-state index contributed by atoms with van der Waals surface area (Å²) < 4.78 is 10.8. The third-order valence-corrected chi connectivity index (χ3v) is 7.58. The van der Waals surface area contributed by atoms with E-state index in [-0.39, 0.29) is 41.7 Å². The number of unbranched alkanes of at least 4 members (excludes halogenated alkanes) is 1. The number of ether oxygens (including phenoxy) is 2. The highest BCUT2D eigenvalue weighted by Crippen LogP contribution is 2.26. The predicted octanol–water partition coefficient (Wildman–Crippen LogP) is 4.76. The lowest BCUT2D eigenvalue weighted by Crippen LogP contribution is -2.54. The number of likely N-dealkylation sites (tertiary alicyclic amines) is 1. The van der Waals surface area contributed by atoms with Gasteiger partial charge in [0.25, 0.3) is 5.91 Å². The van der Waals surface area contributed by atoms with Gasteiger partial charge in [-0.15, -0.1) is 0 Å². The molecule has 9 nitrogen and oxygen atoms in total. The summed E-state index contributed by atoms with van der Waals surface area (Å²) in [6, 6.07) is 14.8. The lowest BCUT2D eigenvalue weighted by atomic mass is 10.0. The molecule has 0 bridgehead atoms. The van der Waals surface area contributed by atoms with Crippen LogP contribution in [0.1, 0.15) is 81.8 Å². The zero-order valence-electron chi connectivity index (χ0n) is 25.5. The first-order valence-electron chi connectivity index (χ1n) is 14.9. The van der Waals surface area contributed by atoms with E-state index in [1.165, 1.54) is 0 Å². The Kier molecular flexibility index (Phi) is 12.4. The molecule has 1 aliphatic heterocycles. The van der Waals surface area contributed by atoms with E-state index in [1.54, 1.807) is 41.1 Å². The predicted molar refractivity (Wildman–Crippen MR) is 161 cm³/mol. The molecule has 1 saturated heterocycles. The molecule has 0 aromatic heterocycles. The molecule has 0 saturated carbocycles. The van der Waals surface area contributed by atoms with E-state index in [0.29, 0.717) is 32.4 Å². The number of benzene rings is 2. The number of esters is 1. The lowest BCUT2D eigenvalue weighted by Gasteiger charge is -2.34. The molecule has 0 radical (unpaired) electrons. The van der Waals surface area contributed by atoms with Crippen molar-refractivity contribution in [2.45, 2.75) is 77.9 Å². The molecule has 1 aliphatic rings. The second-order valence-corrected chi connectivity index (χ2v) is 11.2. The van der Waals surface area contributed by atoms with E-state index in [2.05, 4.69) is 5.32 Å². The van der Waals surface area contributed by atoms with Crippen LogP contribution in [0.2, 0.25) is 0 Å². The third kappa shape index (κ3) is 8.81. The molecule has 42 heavy (non-hydrogen) atoms. The van der Waals surface area contributed by atoms with Crippen molar-refractivity contribution >= 4 is 23.7 Å². The number of para-hydroxylation sites is 1. The van der Waals surface area contributed by atoms with E-state index < -0.39 is 24.0 Å². The Balaban J connectivity index is 1.72. The molecule has 3 rings (SSSR count). The first-order chi connectivity index (χ1) is 20.1. The number of likely N-dealkylation sites (N-methyl/N-ethyl adjacent to an activating group) is 1. The Morgan fingerprint density at radius 1 is 1.02 bits per heavy atom. The minimum atomic E-state index is -0.824. The van der Waals surface area contributed by atoms with Gasteiger partial charge in [-0.3, -0.25) is 14.4 Å². The maximum Gasteiger partial charge on any atom is 0.344 e. The molecule has 3 atom stereocenters. The van der Waals surface area contributed by atoms with E-state index in [0.717, 1.165) is 18.4 Å². The fraction of sp³-hybridized carbons (Fsp3) is 0.515. The number of amides is 3. The molecule has 0 spiro atoms. The minimum Gasteiger partial charge on any atom is -0.481 e. The van der Waals surface area contributed by atoms with E-state index in [9.17, 15) is 19.2 Å². The molecule has 2 aromatic carbocycles. The smallest absolute Gasteiger partial charge is 0.344 e. The van der Waals surface area contributed by atoms with Crippen LogP contribution < -0.4 is 10.1 Å². The number of carbonyl (C=O) groups is 4. The van der Waals surface area contributed by atoms with Crippen molar-refractivity contribution in [3.63, 3.8) is 0 Å². The van der Waals surface area contributed by atoms with Crippen molar-refractivity contribution in [1.29, 1.82) is 0 Å². The van der Waals surface area contributed by atoms with Gasteiger partial charge in [0.2, 0.25) is 11.8 Å². The first-order valence-corrected chi connectivity index (χ1v) is 14.9. The van der Waals surface area contributed by atoms with E-state index >= 15 is 0 Å². The zero-order valence-corrected chi connectivity index (χ0v) is 25.5. The number of nitrogens with zero attached hydrogens (tertiary/aromatic N) is 2. The fourth-order valence-corrected chi connectivity index (χ4v) is 5.09. The summed E-state index contributed by atoms with van der Waals surface area (Å²) in [5, 5.41) is 2.90. The molecule has 3 amide bonds. The van der Waals surface area contributed by atoms with Gasteiger partial charge in [-0.1, -0.05) is 69.7 Å². The van der Waals surface area contributed by atoms with Crippen LogP contribution in [0.3, 0.4) is 0 Å². The average molecular weight is 580 g/mol. The van der Waals surface area contributed by atoms with Crippen molar-refractivity contribution < 1.29 is 28.7 Å². The molecule has 1 fully saturated rings. The van der Waals surface area contributed by atoms with Crippen LogP contribution in [0.25, 0.3) is 0 Å². The van der Waals surface area contributed by atoms with Gasteiger partial charge in [0, 0.05) is 13.6 Å². The normalized spacial score (nSPS) is 16.0. The van der Waals surface area contributed by atoms with E-state index in [4.69, 9.17) is 9.47 Å². The SMILES string of the molecule is CCCCOC(=O)COc1ccccc1C(=O)N[C@H](CC(C)C)C(=O)N1CCC[C@@H]1C(=O)N(C)[C@@H](C)c1ccccc1. The number of hydrogen-bond donors (Lipinski definition) is 1. The van der Waals surface area contributed by atoms with Crippen molar-refractivity contribution in [3.05, 3.63) is 65.7 Å². The Bertz CT molecular complexity index is 1200. The molecule has 9 heteroatoms. The van der Waals surface area contributed by atoms with Gasteiger partial charge in [-0.2, -0.15) is 0 Å². The first kappa shape index (κ1) is 32.6. The highest BCUT2D eigenvalue weighted by atomic mass is 16.6. The number of hydrogen-bond acceptors (Lipinski definition) is 6. The van der Waals surface area contributed by atoms with Crippen molar-refractivity contribution in [2.75, 3.05) is 26.8 Å². The summed E-state index contributed by atoms with van der Waals surface area (Å²) in [4.78, 5) is 56.3. The molecular formula is C33H45N3O6. The quantitative estimate of drug-likeness (QED) is 0.256. The summed E-state index contributed by atoms with van der Waals surface area (Å²) in [5.74, 6) is -1.04. The highest BCUT2D eigenvalue weighted by molar-refractivity contribution is 6.00. The highest BCUT2D eigenvalue weighted by Gasteiger charge is 2.40.